The number of amides is 1. The predicted molar refractivity (Wildman–Crippen MR) is 84.9 cm³/mol. The van der Waals surface area contributed by atoms with Crippen LogP contribution < -0.4 is 10.6 Å². The normalized spacial score (nSPS) is 16.9. The molecule has 1 aliphatic rings. The Balaban J connectivity index is 2.19. The monoisotopic (exact) mass is 307 g/mol. The number of hydrogen-bond donors (Lipinski definition) is 2. The van der Waals surface area contributed by atoms with E-state index in [2.05, 4.69) is 23.6 Å². The third kappa shape index (κ3) is 3.17. The standard InChI is InChI=1S/C14H17N3OS2/c1-3-12(18)16-14(19)17-13-10(7-15)9-5-4-8(2)6-11(9)20-13/h8H,3-6H2,1-2H3,(H2,16,17,18,19)/t8-/m0/s1. The number of hydrogen-bond acceptors (Lipinski definition) is 4. The van der Waals surface area contributed by atoms with Gasteiger partial charge in [0, 0.05) is 11.3 Å². The van der Waals surface area contributed by atoms with Crippen LogP contribution in [-0.4, -0.2) is 11.0 Å². The second kappa shape index (κ2) is 6.33. The van der Waals surface area contributed by atoms with Crippen LogP contribution in [0.3, 0.4) is 0 Å². The zero-order valence-corrected chi connectivity index (χ0v) is 13.2. The molecule has 1 aliphatic carbocycles. The SMILES string of the molecule is CCC(=O)NC(=S)Nc1sc2c(c1C#N)CC[C@H](C)C2. The number of thiocarbonyl (C=S) groups is 1. The molecule has 0 aliphatic heterocycles. The molecule has 0 saturated heterocycles. The molecule has 0 spiro atoms. The molecule has 0 saturated carbocycles. The van der Waals surface area contributed by atoms with Crippen molar-refractivity contribution in [1.29, 1.82) is 5.26 Å². The first kappa shape index (κ1) is 14.9. The molecule has 1 aromatic rings. The number of carbonyl (C=O) groups is 1. The van der Waals surface area contributed by atoms with E-state index >= 15 is 0 Å². The Morgan fingerprint density at radius 2 is 2.35 bits per heavy atom. The van der Waals surface area contributed by atoms with Gasteiger partial charge < -0.3 is 10.6 Å². The number of anilines is 1. The molecule has 2 N–H and O–H groups in total. The van der Waals surface area contributed by atoms with Gasteiger partial charge in [0.1, 0.15) is 11.1 Å². The summed E-state index contributed by atoms with van der Waals surface area (Å²) in [6.07, 6.45) is 3.47. The second-order valence-electron chi connectivity index (χ2n) is 5.02. The Kier molecular flexibility index (Phi) is 4.73. The van der Waals surface area contributed by atoms with Crippen molar-refractivity contribution in [3.8, 4) is 6.07 Å². The third-order valence-electron chi connectivity index (χ3n) is 3.42. The maximum atomic E-state index is 11.3. The van der Waals surface area contributed by atoms with E-state index < -0.39 is 0 Å². The van der Waals surface area contributed by atoms with Crippen molar-refractivity contribution in [1.82, 2.24) is 5.32 Å². The van der Waals surface area contributed by atoms with Gasteiger partial charge in [0.05, 0.1) is 5.56 Å². The van der Waals surface area contributed by atoms with Gasteiger partial charge in [0.25, 0.3) is 0 Å². The highest BCUT2D eigenvalue weighted by Crippen LogP contribution is 2.39. The average molecular weight is 307 g/mol. The number of thiophene rings is 1. The zero-order chi connectivity index (χ0) is 14.7. The molecule has 1 atom stereocenters. The minimum Gasteiger partial charge on any atom is -0.323 e. The number of rotatable bonds is 2. The molecule has 0 fully saturated rings. The van der Waals surface area contributed by atoms with Gasteiger partial charge in [-0.3, -0.25) is 4.79 Å². The van der Waals surface area contributed by atoms with Crippen LogP contribution in [0.25, 0.3) is 0 Å². The van der Waals surface area contributed by atoms with Gasteiger partial charge in [-0.15, -0.1) is 11.3 Å². The first-order valence-electron chi connectivity index (χ1n) is 6.70. The van der Waals surface area contributed by atoms with Crippen LogP contribution in [0.4, 0.5) is 5.00 Å². The average Bonchev–Trinajstić information content (AvgIpc) is 2.74. The van der Waals surface area contributed by atoms with Crippen molar-refractivity contribution in [3.63, 3.8) is 0 Å². The Bertz CT molecular complexity index is 586. The summed E-state index contributed by atoms with van der Waals surface area (Å²) in [4.78, 5) is 12.6. The Labute approximate surface area is 128 Å². The van der Waals surface area contributed by atoms with Crippen LogP contribution in [0.5, 0.6) is 0 Å². The maximum Gasteiger partial charge on any atom is 0.225 e. The van der Waals surface area contributed by atoms with Crippen LogP contribution in [0, 0.1) is 17.2 Å². The van der Waals surface area contributed by atoms with Crippen LogP contribution >= 0.6 is 23.6 Å². The molecule has 106 valence electrons. The molecule has 20 heavy (non-hydrogen) atoms. The van der Waals surface area contributed by atoms with Gasteiger partial charge in [-0.2, -0.15) is 5.26 Å². The maximum absolute atomic E-state index is 11.3. The summed E-state index contributed by atoms with van der Waals surface area (Å²) in [5.74, 6) is 0.531. The lowest BCUT2D eigenvalue weighted by Gasteiger charge is -2.17. The van der Waals surface area contributed by atoms with Gasteiger partial charge in [-0.05, 0) is 43.0 Å². The van der Waals surface area contributed by atoms with Gasteiger partial charge in [-0.1, -0.05) is 13.8 Å². The van der Waals surface area contributed by atoms with Gasteiger partial charge in [0.15, 0.2) is 5.11 Å². The van der Waals surface area contributed by atoms with Crippen LogP contribution in [0.1, 0.15) is 42.7 Å². The first-order valence-corrected chi connectivity index (χ1v) is 7.93. The summed E-state index contributed by atoms with van der Waals surface area (Å²) >= 11 is 6.68. The Hall–Kier alpha value is -1.45. The molecular formula is C14H17N3OS2. The van der Waals surface area contributed by atoms with E-state index in [0.29, 0.717) is 17.9 Å². The van der Waals surface area contributed by atoms with E-state index in [1.54, 1.807) is 18.3 Å². The molecule has 0 radical (unpaired) electrons. The van der Waals surface area contributed by atoms with E-state index in [1.807, 2.05) is 0 Å². The highest BCUT2D eigenvalue weighted by Gasteiger charge is 2.24. The van der Waals surface area contributed by atoms with Crippen molar-refractivity contribution in [3.05, 3.63) is 16.0 Å². The van der Waals surface area contributed by atoms with Crippen LogP contribution in [-0.2, 0) is 17.6 Å². The Morgan fingerprint density at radius 3 is 3.00 bits per heavy atom. The summed E-state index contributed by atoms with van der Waals surface area (Å²) in [7, 11) is 0. The lowest BCUT2D eigenvalue weighted by molar-refractivity contribution is -0.119. The molecule has 6 heteroatoms. The van der Waals surface area contributed by atoms with E-state index in [-0.39, 0.29) is 11.0 Å². The van der Waals surface area contributed by atoms with Crippen molar-refractivity contribution in [2.75, 3.05) is 5.32 Å². The van der Waals surface area contributed by atoms with E-state index in [9.17, 15) is 10.1 Å². The topological polar surface area (TPSA) is 64.9 Å². The molecule has 1 aromatic heterocycles. The molecule has 0 unspecified atom stereocenters. The summed E-state index contributed by atoms with van der Waals surface area (Å²) in [6.45, 7) is 4.00. The molecule has 1 amide bonds. The van der Waals surface area contributed by atoms with E-state index in [0.717, 1.165) is 29.8 Å². The lowest BCUT2D eigenvalue weighted by Crippen LogP contribution is -2.33. The fourth-order valence-corrected chi connectivity index (χ4v) is 3.95. The summed E-state index contributed by atoms with van der Waals surface area (Å²) in [5.41, 5.74) is 1.84. The summed E-state index contributed by atoms with van der Waals surface area (Å²) < 4.78 is 0. The lowest BCUT2D eigenvalue weighted by atomic mass is 9.89. The molecule has 4 nitrogen and oxygen atoms in total. The van der Waals surface area contributed by atoms with Crippen molar-refractivity contribution < 1.29 is 4.79 Å². The van der Waals surface area contributed by atoms with Gasteiger partial charge >= 0.3 is 0 Å². The fourth-order valence-electron chi connectivity index (χ4n) is 2.31. The molecule has 0 aromatic carbocycles. The smallest absolute Gasteiger partial charge is 0.225 e. The minimum absolute atomic E-state index is 0.129. The number of nitrogens with zero attached hydrogens (tertiary/aromatic N) is 1. The summed E-state index contributed by atoms with van der Waals surface area (Å²) in [5, 5.41) is 16.0. The third-order valence-corrected chi connectivity index (χ3v) is 4.80. The minimum atomic E-state index is -0.129. The Morgan fingerprint density at radius 1 is 1.60 bits per heavy atom. The van der Waals surface area contributed by atoms with Gasteiger partial charge in [-0.25, -0.2) is 0 Å². The van der Waals surface area contributed by atoms with Crippen molar-refractivity contribution >= 4 is 39.6 Å². The molecular weight excluding hydrogens is 290 g/mol. The largest absolute Gasteiger partial charge is 0.323 e. The van der Waals surface area contributed by atoms with E-state index in [1.165, 1.54) is 4.88 Å². The number of nitrogens with one attached hydrogen (secondary N) is 2. The number of nitriles is 1. The molecule has 0 bridgehead atoms. The highest BCUT2D eigenvalue weighted by molar-refractivity contribution is 7.80. The first-order chi connectivity index (χ1) is 9.55. The van der Waals surface area contributed by atoms with Crippen LogP contribution in [0.2, 0.25) is 0 Å². The zero-order valence-electron chi connectivity index (χ0n) is 11.6. The van der Waals surface area contributed by atoms with Crippen LogP contribution in [0.15, 0.2) is 0 Å². The van der Waals surface area contributed by atoms with Crippen molar-refractivity contribution in [2.24, 2.45) is 5.92 Å². The van der Waals surface area contributed by atoms with Crippen molar-refractivity contribution in [2.45, 2.75) is 39.5 Å². The van der Waals surface area contributed by atoms with Gasteiger partial charge in [0.2, 0.25) is 5.91 Å². The second-order valence-corrected chi connectivity index (χ2v) is 6.54. The highest BCUT2D eigenvalue weighted by atomic mass is 32.1. The predicted octanol–water partition coefficient (Wildman–Crippen LogP) is 2.97. The van der Waals surface area contributed by atoms with E-state index in [4.69, 9.17) is 12.2 Å². The quantitative estimate of drug-likeness (QED) is 0.825. The fraction of sp³-hybridized carbons (Fsp3) is 0.500. The summed E-state index contributed by atoms with van der Waals surface area (Å²) in [6, 6.07) is 2.27. The number of carbonyl (C=O) groups excluding carboxylic acids is 1. The molecule has 1 heterocycles. The number of fused-ring (bicyclic) bond motifs is 1. The molecule has 2 rings (SSSR count).